The molecule has 2 N–H and O–H groups in total. The molecule has 1 heterocycles. The first-order valence-corrected chi connectivity index (χ1v) is 6.74. The molecule has 0 spiro atoms. The van der Waals surface area contributed by atoms with Crippen LogP contribution >= 0.6 is 11.3 Å². The highest BCUT2D eigenvalue weighted by Crippen LogP contribution is 2.38. The number of thiazole rings is 1. The second-order valence-electron chi connectivity index (χ2n) is 5.12. The standard InChI is InChI=1S/C12H20N2S/c1-8-3-9(2)5-10(4-8)12(13)11-6-15-7-14-11/h6-10,12H,3-5,13H2,1-2H3. The summed E-state index contributed by atoms with van der Waals surface area (Å²) in [6.07, 6.45) is 3.90. The molecule has 1 aliphatic rings. The molecule has 84 valence electrons. The van der Waals surface area contributed by atoms with Crippen LogP contribution in [0.2, 0.25) is 0 Å². The van der Waals surface area contributed by atoms with Crippen molar-refractivity contribution < 1.29 is 0 Å². The molecular formula is C12H20N2S. The van der Waals surface area contributed by atoms with Gasteiger partial charge in [-0.05, 0) is 37.0 Å². The van der Waals surface area contributed by atoms with Crippen molar-refractivity contribution in [2.45, 2.75) is 39.2 Å². The van der Waals surface area contributed by atoms with Gasteiger partial charge in [0.05, 0.1) is 17.2 Å². The van der Waals surface area contributed by atoms with E-state index in [1.807, 2.05) is 5.51 Å². The fourth-order valence-corrected chi connectivity index (χ4v) is 3.53. The molecule has 3 unspecified atom stereocenters. The normalized spacial score (nSPS) is 33.9. The van der Waals surface area contributed by atoms with E-state index in [0.29, 0.717) is 5.92 Å². The van der Waals surface area contributed by atoms with Crippen LogP contribution in [-0.2, 0) is 0 Å². The fourth-order valence-electron chi connectivity index (χ4n) is 2.93. The lowest BCUT2D eigenvalue weighted by Gasteiger charge is -2.34. The molecule has 1 aromatic rings. The van der Waals surface area contributed by atoms with Crippen LogP contribution in [0.4, 0.5) is 0 Å². The van der Waals surface area contributed by atoms with Gasteiger partial charge in [-0.15, -0.1) is 11.3 Å². The zero-order valence-electron chi connectivity index (χ0n) is 9.52. The van der Waals surface area contributed by atoms with Crippen molar-refractivity contribution in [3.05, 3.63) is 16.6 Å². The second kappa shape index (κ2) is 4.62. The molecule has 0 aliphatic heterocycles. The Balaban J connectivity index is 2.03. The maximum atomic E-state index is 6.28. The highest BCUT2D eigenvalue weighted by Gasteiger charge is 2.29. The number of hydrogen-bond donors (Lipinski definition) is 1. The van der Waals surface area contributed by atoms with E-state index >= 15 is 0 Å². The van der Waals surface area contributed by atoms with Crippen molar-refractivity contribution in [2.24, 2.45) is 23.5 Å². The monoisotopic (exact) mass is 224 g/mol. The summed E-state index contributed by atoms with van der Waals surface area (Å²) < 4.78 is 0. The van der Waals surface area contributed by atoms with Gasteiger partial charge in [-0.1, -0.05) is 13.8 Å². The van der Waals surface area contributed by atoms with Crippen molar-refractivity contribution in [3.8, 4) is 0 Å². The molecule has 1 saturated carbocycles. The molecule has 0 bridgehead atoms. The number of rotatable bonds is 2. The van der Waals surface area contributed by atoms with E-state index in [1.54, 1.807) is 11.3 Å². The molecule has 0 amide bonds. The van der Waals surface area contributed by atoms with Crippen molar-refractivity contribution in [1.82, 2.24) is 4.98 Å². The van der Waals surface area contributed by atoms with Crippen LogP contribution < -0.4 is 5.73 Å². The van der Waals surface area contributed by atoms with Crippen LogP contribution in [0.15, 0.2) is 10.9 Å². The van der Waals surface area contributed by atoms with Crippen LogP contribution in [0, 0.1) is 17.8 Å². The third-order valence-electron chi connectivity index (χ3n) is 3.52. The van der Waals surface area contributed by atoms with Crippen molar-refractivity contribution >= 4 is 11.3 Å². The minimum atomic E-state index is 0.154. The van der Waals surface area contributed by atoms with Gasteiger partial charge in [0.25, 0.3) is 0 Å². The molecule has 0 aromatic carbocycles. The molecule has 0 saturated heterocycles. The van der Waals surface area contributed by atoms with Gasteiger partial charge in [-0.25, -0.2) is 4.98 Å². The Morgan fingerprint density at radius 3 is 2.53 bits per heavy atom. The molecular weight excluding hydrogens is 204 g/mol. The molecule has 0 radical (unpaired) electrons. The average molecular weight is 224 g/mol. The summed E-state index contributed by atoms with van der Waals surface area (Å²) in [5.41, 5.74) is 9.25. The summed E-state index contributed by atoms with van der Waals surface area (Å²) in [6, 6.07) is 0.154. The van der Waals surface area contributed by atoms with E-state index in [0.717, 1.165) is 17.5 Å². The van der Waals surface area contributed by atoms with E-state index in [4.69, 9.17) is 5.73 Å². The van der Waals surface area contributed by atoms with Crippen molar-refractivity contribution in [2.75, 3.05) is 0 Å². The van der Waals surface area contributed by atoms with E-state index in [9.17, 15) is 0 Å². The molecule has 1 aromatic heterocycles. The first-order valence-electron chi connectivity index (χ1n) is 5.80. The maximum absolute atomic E-state index is 6.28. The second-order valence-corrected chi connectivity index (χ2v) is 5.84. The largest absolute Gasteiger partial charge is 0.322 e. The summed E-state index contributed by atoms with van der Waals surface area (Å²) in [4.78, 5) is 4.33. The SMILES string of the molecule is CC1CC(C)CC(C(N)c2cscn2)C1. The van der Waals surface area contributed by atoms with Gasteiger partial charge in [0, 0.05) is 5.38 Å². The molecule has 15 heavy (non-hydrogen) atoms. The molecule has 3 heteroatoms. The molecule has 1 fully saturated rings. The predicted octanol–water partition coefficient (Wildman–Crippen LogP) is 3.22. The van der Waals surface area contributed by atoms with Gasteiger partial charge in [0.15, 0.2) is 0 Å². The fraction of sp³-hybridized carbons (Fsp3) is 0.750. The first-order chi connectivity index (χ1) is 7.16. The third-order valence-corrected chi connectivity index (χ3v) is 4.12. The third kappa shape index (κ3) is 2.58. The average Bonchev–Trinajstić information content (AvgIpc) is 2.67. The quantitative estimate of drug-likeness (QED) is 0.837. The Bertz CT molecular complexity index is 287. The van der Waals surface area contributed by atoms with Crippen molar-refractivity contribution in [1.29, 1.82) is 0 Å². The van der Waals surface area contributed by atoms with E-state index in [1.165, 1.54) is 19.3 Å². The zero-order valence-corrected chi connectivity index (χ0v) is 10.3. The van der Waals surface area contributed by atoms with Crippen molar-refractivity contribution in [3.63, 3.8) is 0 Å². The lowest BCUT2D eigenvalue weighted by atomic mass is 9.73. The van der Waals surface area contributed by atoms with Gasteiger partial charge in [0.1, 0.15) is 0 Å². The number of aromatic nitrogens is 1. The summed E-state index contributed by atoms with van der Waals surface area (Å²) in [7, 11) is 0. The van der Waals surface area contributed by atoms with Gasteiger partial charge in [0.2, 0.25) is 0 Å². The molecule has 2 nitrogen and oxygen atoms in total. The maximum Gasteiger partial charge on any atom is 0.0795 e. The zero-order chi connectivity index (χ0) is 10.8. The number of nitrogens with zero attached hydrogens (tertiary/aromatic N) is 1. The van der Waals surface area contributed by atoms with Crippen LogP contribution in [0.3, 0.4) is 0 Å². The smallest absolute Gasteiger partial charge is 0.0795 e. The molecule has 2 rings (SSSR count). The van der Waals surface area contributed by atoms with Crippen LogP contribution in [0.5, 0.6) is 0 Å². The minimum absolute atomic E-state index is 0.154. The Kier molecular flexibility index (Phi) is 3.42. The Morgan fingerprint density at radius 1 is 1.33 bits per heavy atom. The van der Waals surface area contributed by atoms with E-state index in [-0.39, 0.29) is 6.04 Å². The molecule has 1 aliphatic carbocycles. The molecule has 3 atom stereocenters. The van der Waals surface area contributed by atoms with Crippen LogP contribution in [0.1, 0.15) is 44.8 Å². The van der Waals surface area contributed by atoms with Gasteiger partial charge >= 0.3 is 0 Å². The summed E-state index contributed by atoms with van der Waals surface area (Å²) >= 11 is 1.64. The van der Waals surface area contributed by atoms with E-state index in [2.05, 4.69) is 24.2 Å². The summed E-state index contributed by atoms with van der Waals surface area (Å²) in [5.74, 6) is 2.28. The van der Waals surface area contributed by atoms with Gasteiger partial charge < -0.3 is 5.73 Å². The van der Waals surface area contributed by atoms with Gasteiger partial charge in [-0.3, -0.25) is 0 Å². The summed E-state index contributed by atoms with van der Waals surface area (Å²) in [5, 5.41) is 2.09. The topological polar surface area (TPSA) is 38.9 Å². The lowest BCUT2D eigenvalue weighted by molar-refractivity contribution is 0.192. The first kappa shape index (κ1) is 11.1. The summed E-state index contributed by atoms with van der Waals surface area (Å²) in [6.45, 7) is 4.69. The Labute approximate surface area is 95.9 Å². The Morgan fingerprint density at radius 2 is 2.00 bits per heavy atom. The Hall–Kier alpha value is -0.410. The number of hydrogen-bond acceptors (Lipinski definition) is 3. The van der Waals surface area contributed by atoms with Gasteiger partial charge in [-0.2, -0.15) is 0 Å². The predicted molar refractivity (Wildman–Crippen MR) is 64.7 cm³/mol. The highest BCUT2D eigenvalue weighted by molar-refractivity contribution is 7.07. The lowest BCUT2D eigenvalue weighted by Crippen LogP contribution is -2.29. The minimum Gasteiger partial charge on any atom is -0.322 e. The van der Waals surface area contributed by atoms with Crippen LogP contribution in [0.25, 0.3) is 0 Å². The van der Waals surface area contributed by atoms with Crippen LogP contribution in [-0.4, -0.2) is 4.98 Å². The highest BCUT2D eigenvalue weighted by atomic mass is 32.1. The van der Waals surface area contributed by atoms with E-state index < -0.39 is 0 Å². The number of nitrogens with two attached hydrogens (primary N) is 1.